The van der Waals surface area contributed by atoms with Crippen LogP contribution < -0.4 is 0 Å². The van der Waals surface area contributed by atoms with Crippen molar-refractivity contribution in [2.24, 2.45) is 0 Å². The van der Waals surface area contributed by atoms with Gasteiger partial charge in [0.05, 0.1) is 12.2 Å². The molecule has 2 rings (SSSR count). The van der Waals surface area contributed by atoms with Gasteiger partial charge in [-0.3, -0.25) is 9.89 Å². The number of aromatic nitrogens is 2. The van der Waals surface area contributed by atoms with Crippen molar-refractivity contribution < 1.29 is 18.0 Å². The van der Waals surface area contributed by atoms with E-state index in [1.807, 2.05) is 0 Å². The summed E-state index contributed by atoms with van der Waals surface area (Å²) in [5, 5.41) is 5.63. The van der Waals surface area contributed by atoms with E-state index in [0.717, 1.165) is 0 Å². The maximum Gasteiger partial charge on any atom is 0.435 e. The molecule has 0 saturated carbocycles. The summed E-state index contributed by atoms with van der Waals surface area (Å²) in [5.74, 6) is -0.145. The highest BCUT2D eigenvalue weighted by Gasteiger charge is 2.39. The molecule has 1 aromatic rings. The number of nitrogens with one attached hydrogen (secondary N) is 1. The number of nitrogens with zero attached hydrogens (tertiary/aromatic N) is 2. The van der Waals surface area contributed by atoms with Crippen LogP contribution >= 0.6 is 0 Å². The van der Waals surface area contributed by atoms with Gasteiger partial charge in [-0.25, -0.2) is 0 Å². The smallest absolute Gasteiger partial charge is 0.337 e. The second-order valence-corrected chi connectivity index (χ2v) is 3.72. The van der Waals surface area contributed by atoms with Gasteiger partial charge in [0.25, 0.3) is 0 Å². The summed E-state index contributed by atoms with van der Waals surface area (Å²) in [4.78, 5) is 12.6. The first-order valence-corrected chi connectivity index (χ1v) is 4.78. The van der Waals surface area contributed by atoms with Gasteiger partial charge < -0.3 is 4.90 Å². The SMILES string of the molecule is CC(=O)N1CCc2c(C(F)(F)F)n[nH]c2C1. The van der Waals surface area contributed by atoms with Crippen molar-refractivity contribution in [3.63, 3.8) is 0 Å². The maximum atomic E-state index is 12.5. The first-order chi connectivity index (χ1) is 7.39. The first-order valence-electron chi connectivity index (χ1n) is 4.78. The van der Waals surface area contributed by atoms with Gasteiger partial charge in [0.2, 0.25) is 5.91 Å². The number of carbonyl (C=O) groups excluding carboxylic acids is 1. The molecule has 7 heteroatoms. The van der Waals surface area contributed by atoms with E-state index in [2.05, 4.69) is 10.2 Å². The minimum absolute atomic E-state index is 0.145. The first kappa shape index (κ1) is 11.0. The summed E-state index contributed by atoms with van der Waals surface area (Å²) in [6.07, 6.45) is -4.23. The Bertz CT molecular complexity index is 424. The number of alkyl halides is 3. The lowest BCUT2D eigenvalue weighted by molar-refractivity contribution is -0.141. The molecular weight excluding hydrogens is 223 g/mol. The summed E-state index contributed by atoms with van der Waals surface area (Å²) in [6.45, 7) is 1.88. The van der Waals surface area contributed by atoms with E-state index in [1.54, 1.807) is 0 Å². The molecule has 0 spiro atoms. The average molecular weight is 233 g/mol. The van der Waals surface area contributed by atoms with Gasteiger partial charge in [-0.2, -0.15) is 18.3 Å². The molecule has 1 N–H and O–H groups in total. The van der Waals surface area contributed by atoms with Crippen LogP contribution in [0.4, 0.5) is 13.2 Å². The lowest BCUT2D eigenvalue weighted by Gasteiger charge is -2.25. The number of fused-ring (bicyclic) bond motifs is 1. The monoisotopic (exact) mass is 233 g/mol. The summed E-state index contributed by atoms with van der Waals surface area (Å²) in [5.41, 5.74) is -0.288. The zero-order valence-corrected chi connectivity index (χ0v) is 8.56. The number of halogens is 3. The van der Waals surface area contributed by atoms with Crippen LogP contribution in [0.2, 0.25) is 0 Å². The molecule has 0 unspecified atom stereocenters. The largest absolute Gasteiger partial charge is 0.435 e. The van der Waals surface area contributed by atoms with Gasteiger partial charge in [-0.05, 0) is 6.42 Å². The number of hydrogen-bond acceptors (Lipinski definition) is 2. The van der Waals surface area contributed by atoms with E-state index in [0.29, 0.717) is 12.2 Å². The van der Waals surface area contributed by atoms with Gasteiger partial charge in [-0.1, -0.05) is 0 Å². The van der Waals surface area contributed by atoms with Crippen LogP contribution in [0.1, 0.15) is 23.9 Å². The molecular formula is C9H10F3N3O. The topological polar surface area (TPSA) is 49.0 Å². The number of hydrogen-bond donors (Lipinski definition) is 1. The summed E-state index contributed by atoms with van der Waals surface area (Å²) >= 11 is 0. The molecule has 1 aromatic heterocycles. The van der Waals surface area contributed by atoms with E-state index >= 15 is 0 Å². The number of aromatic amines is 1. The molecule has 1 aliphatic rings. The molecule has 1 aliphatic heterocycles. The fourth-order valence-electron chi connectivity index (χ4n) is 1.82. The molecule has 16 heavy (non-hydrogen) atoms. The molecule has 1 amide bonds. The molecule has 0 bridgehead atoms. The molecule has 0 atom stereocenters. The fraction of sp³-hybridized carbons (Fsp3) is 0.556. The average Bonchev–Trinajstić information content (AvgIpc) is 2.58. The van der Waals surface area contributed by atoms with Crippen molar-refractivity contribution in [2.75, 3.05) is 6.54 Å². The van der Waals surface area contributed by atoms with Crippen LogP contribution in [0.3, 0.4) is 0 Å². The normalized spacial score (nSPS) is 16.1. The third-order valence-electron chi connectivity index (χ3n) is 2.65. The van der Waals surface area contributed by atoms with Gasteiger partial charge in [0, 0.05) is 19.0 Å². The zero-order chi connectivity index (χ0) is 11.9. The van der Waals surface area contributed by atoms with Crippen molar-refractivity contribution in [1.82, 2.24) is 15.1 Å². The number of carbonyl (C=O) groups is 1. The highest BCUT2D eigenvalue weighted by Crippen LogP contribution is 2.33. The van der Waals surface area contributed by atoms with Gasteiger partial charge in [0.15, 0.2) is 5.69 Å². The number of H-pyrrole nitrogens is 1. The molecule has 0 saturated heterocycles. The highest BCUT2D eigenvalue weighted by atomic mass is 19.4. The molecule has 0 radical (unpaired) electrons. The van der Waals surface area contributed by atoms with Crippen LogP contribution in [0.15, 0.2) is 0 Å². The predicted octanol–water partition coefficient (Wildman–Crippen LogP) is 1.33. The molecule has 0 aliphatic carbocycles. The lowest BCUT2D eigenvalue weighted by Crippen LogP contribution is -2.34. The van der Waals surface area contributed by atoms with E-state index in [9.17, 15) is 18.0 Å². The molecule has 0 aromatic carbocycles. The van der Waals surface area contributed by atoms with E-state index < -0.39 is 11.9 Å². The Morgan fingerprint density at radius 2 is 2.19 bits per heavy atom. The van der Waals surface area contributed by atoms with Crippen molar-refractivity contribution >= 4 is 5.91 Å². The maximum absolute atomic E-state index is 12.5. The molecule has 0 fully saturated rings. The van der Waals surface area contributed by atoms with E-state index in [1.165, 1.54) is 11.8 Å². The van der Waals surface area contributed by atoms with E-state index in [-0.39, 0.29) is 24.4 Å². The van der Waals surface area contributed by atoms with Gasteiger partial charge >= 0.3 is 6.18 Å². The Morgan fingerprint density at radius 1 is 1.50 bits per heavy atom. The zero-order valence-electron chi connectivity index (χ0n) is 8.56. The molecule has 88 valence electrons. The second kappa shape index (κ2) is 3.50. The van der Waals surface area contributed by atoms with Crippen molar-refractivity contribution in [1.29, 1.82) is 0 Å². The Balaban J connectivity index is 2.31. The van der Waals surface area contributed by atoms with Gasteiger partial charge in [-0.15, -0.1) is 0 Å². The molecule has 4 nitrogen and oxygen atoms in total. The third kappa shape index (κ3) is 1.77. The number of amides is 1. The van der Waals surface area contributed by atoms with Crippen LogP contribution in [-0.2, 0) is 23.9 Å². The van der Waals surface area contributed by atoms with Crippen molar-refractivity contribution in [3.05, 3.63) is 17.0 Å². The lowest BCUT2D eigenvalue weighted by atomic mass is 10.0. The standard InChI is InChI=1S/C9H10F3N3O/c1-5(16)15-3-2-6-7(4-15)13-14-8(6)9(10,11)12/h2-4H2,1H3,(H,13,14). The Morgan fingerprint density at radius 3 is 2.75 bits per heavy atom. The third-order valence-corrected chi connectivity index (χ3v) is 2.65. The second-order valence-electron chi connectivity index (χ2n) is 3.72. The predicted molar refractivity (Wildman–Crippen MR) is 48.4 cm³/mol. The molecule has 2 heterocycles. The van der Waals surface area contributed by atoms with Crippen LogP contribution in [0.5, 0.6) is 0 Å². The quantitative estimate of drug-likeness (QED) is 0.735. The van der Waals surface area contributed by atoms with Crippen LogP contribution in [-0.4, -0.2) is 27.5 Å². The van der Waals surface area contributed by atoms with Crippen molar-refractivity contribution in [3.8, 4) is 0 Å². The Kier molecular flexibility index (Phi) is 2.40. The van der Waals surface area contributed by atoms with Gasteiger partial charge in [0.1, 0.15) is 0 Å². The number of rotatable bonds is 0. The minimum atomic E-state index is -4.43. The van der Waals surface area contributed by atoms with E-state index in [4.69, 9.17) is 0 Å². The minimum Gasteiger partial charge on any atom is -0.337 e. The summed E-state index contributed by atoms with van der Waals surface area (Å²) in [6, 6.07) is 0. The highest BCUT2D eigenvalue weighted by molar-refractivity contribution is 5.73. The Labute approximate surface area is 89.4 Å². The van der Waals surface area contributed by atoms with Crippen molar-refractivity contribution in [2.45, 2.75) is 26.1 Å². The van der Waals surface area contributed by atoms with Crippen LogP contribution in [0.25, 0.3) is 0 Å². The van der Waals surface area contributed by atoms with Crippen LogP contribution in [0, 0.1) is 0 Å². The Hall–Kier alpha value is -1.53. The summed E-state index contributed by atoms with van der Waals surface area (Å²) in [7, 11) is 0. The summed E-state index contributed by atoms with van der Waals surface area (Å²) < 4.78 is 37.5. The fourth-order valence-corrected chi connectivity index (χ4v) is 1.82.